The van der Waals surface area contributed by atoms with E-state index >= 15 is 0 Å². The zero-order valence-electron chi connectivity index (χ0n) is 7.34. The van der Waals surface area contributed by atoms with Crippen LogP contribution >= 0.6 is 27.3 Å². The second kappa shape index (κ2) is 4.77. The van der Waals surface area contributed by atoms with Gasteiger partial charge in [0.2, 0.25) is 0 Å². The molecule has 0 amide bonds. The largest absolute Gasteiger partial charge is 0.481 e. The van der Waals surface area contributed by atoms with Crippen LogP contribution in [0.5, 0.6) is 0 Å². The zero-order chi connectivity index (χ0) is 9.84. The Balaban J connectivity index is 2.45. The molecule has 0 aliphatic rings. The van der Waals surface area contributed by atoms with Crippen LogP contribution in [0.3, 0.4) is 0 Å². The molecule has 1 rings (SSSR count). The normalized spacial score (nSPS) is 10.3. The highest BCUT2D eigenvalue weighted by molar-refractivity contribution is 9.11. The Kier molecular flexibility index (Phi) is 3.93. The molecule has 0 unspecified atom stereocenters. The minimum atomic E-state index is -0.715. The molecule has 1 heterocycles. The van der Waals surface area contributed by atoms with Crippen LogP contribution in [0, 0.1) is 6.92 Å². The van der Waals surface area contributed by atoms with Gasteiger partial charge >= 0.3 is 5.97 Å². The second-order valence-electron chi connectivity index (χ2n) is 2.90. The second-order valence-corrected chi connectivity index (χ2v) is 5.42. The molecule has 13 heavy (non-hydrogen) atoms. The van der Waals surface area contributed by atoms with E-state index in [1.165, 1.54) is 10.4 Å². The van der Waals surface area contributed by atoms with Crippen molar-refractivity contribution in [1.29, 1.82) is 0 Å². The highest BCUT2D eigenvalue weighted by Crippen LogP contribution is 2.27. The molecule has 0 atom stereocenters. The number of rotatable bonds is 4. The summed E-state index contributed by atoms with van der Waals surface area (Å²) in [7, 11) is 0. The van der Waals surface area contributed by atoms with Crippen molar-refractivity contribution in [2.45, 2.75) is 26.2 Å². The Morgan fingerprint density at radius 3 is 2.85 bits per heavy atom. The summed E-state index contributed by atoms with van der Waals surface area (Å²) in [5, 5.41) is 8.46. The molecule has 4 heteroatoms. The number of hydrogen-bond acceptors (Lipinski definition) is 2. The Hall–Kier alpha value is -0.350. The van der Waals surface area contributed by atoms with Crippen molar-refractivity contribution >= 4 is 33.2 Å². The van der Waals surface area contributed by atoms with Gasteiger partial charge in [-0.1, -0.05) is 0 Å². The van der Waals surface area contributed by atoms with E-state index in [2.05, 4.69) is 28.9 Å². The lowest BCUT2D eigenvalue weighted by Gasteiger charge is -1.96. The molecule has 0 aliphatic carbocycles. The molecule has 0 bridgehead atoms. The summed E-state index contributed by atoms with van der Waals surface area (Å²) in [5.74, 6) is -0.715. The number of hydrogen-bond donors (Lipinski definition) is 1. The molecular weight excluding hydrogens is 252 g/mol. The number of aryl methyl sites for hydroxylation is 2. The molecule has 0 radical (unpaired) electrons. The van der Waals surface area contributed by atoms with Crippen LogP contribution in [0.4, 0.5) is 0 Å². The Bertz CT molecular complexity index is 307. The quantitative estimate of drug-likeness (QED) is 0.905. The van der Waals surface area contributed by atoms with Gasteiger partial charge in [-0.15, -0.1) is 11.3 Å². The molecule has 0 saturated heterocycles. The monoisotopic (exact) mass is 262 g/mol. The van der Waals surface area contributed by atoms with E-state index in [1.54, 1.807) is 11.3 Å². The van der Waals surface area contributed by atoms with Gasteiger partial charge in [-0.05, 0) is 47.3 Å². The maximum absolute atomic E-state index is 10.3. The van der Waals surface area contributed by atoms with E-state index in [0.717, 1.165) is 16.6 Å². The van der Waals surface area contributed by atoms with Crippen molar-refractivity contribution in [3.63, 3.8) is 0 Å². The Labute approximate surface area is 89.7 Å². The minimum absolute atomic E-state index is 0.259. The van der Waals surface area contributed by atoms with Crippen LogP contribution in [-0.2, 0) is 11.2 Å². The van der Waals surface area contributed by atoms with Crippen molar-refractivity contribution in [3.05, 3.63) is 20.3 Å². The van der Waals surface area contributed by atoms with Crippen molar-refractivity contribution in [3.8, 4) is 0 Å². The van der Waals surface area contributed by atoms with Crippen LogP contribution in [0.25, 0.3) is 0 Å². The van der Waals surface area contributed by atoms with E-state index in [1.807, 2.05) is 0 Å². The smallest absolute Gasteiger partial charge is 0.303 e. The Morgan fingerprint density at radius 2 is 2.38 bits per heavy atom. The highest BCUT2D eigenvalue weighted by atomic mass is 79.9. The maximum atomic E-state index is 10.3. The number of carboxylic acid groups (broad SMARTS) is 1. The number of thiophene rings is 1. The molecule has 0 saturated carbocycles. The summed E-state index contributed by atoms with van der Waals surface area (Å²) >= 11 is 5.10. The van der Waals surface area contributed by atoms with Crippen molar-refractivity contribution < 1.29 is 9.90 Å². The fraction of sp³-hybridized carbons (Fsp3) is 0.444. The van der Waals surface area contributed by atoms with Gasteiger partial charge in [-0.25, -0.2) is 0 Å². The van der Waals surface area contributed by atoms with Gasteiger partial charge < -0.3 is 5.11 Å². The topological polar surface area (TPSA) is 37.3 Å². The molecule has 1 N–H and O–H groups in total. The molecule has 1 aromatic heterocycles. The summed E-state index contributed by atoms with van der Waals surface area (Å²) in [5.41, 5.74) is 1.25. The number of carbonyl (C=O) groups is 1. The third kappa shape index (κ3) is 3.48. The third-order valence-corrected chi connectivity index (χ3v) is 3.58. The number of halogens is 1. The van der Waals surface area contributed by atoms with Crippen molar-refractivity contribution in [1.82, 2.24) is 0 Å². The molecule has 0 spiro atoms. The molecular formula is C9H11BrO2S. The van der Waals surface area contributed by atoms with Crippen LogP contribution in [0.2, 0.25) is 0 Å². The van der Waals surface area contributed by atoms with E-state index in [0.29, 0.717) is 0 Å². The molecule has 2 nitrogen and oxygen atoms in total. The summed E-state index contributed by atoms with van der Waals surface area (Å²) in [6.45, 7) is 2.05. The fourth-order valence-electron chi connectivity index (χ4n) is 1.13. The third-order valence-electron chi connectivity index (χ3n) is 1.78. The predicted molar refractivity (Wildman–Crippen MR) is 57.3 cm³/mol. The van der Waals surface area contributed by atoms with E-state index in [-0.39, 0.29) is 6.42 Å². The molecule has 72 valence electrons. The number of carboxylic acids is 1. The van der Waals surface area contributed by atoms with Gasteiger partial charge in [0.1, 0.15) is 0 Å². The van der Waals surface area contributed by atoms with Crippen molar-refractivity contribution in [2.24, 2.45) is 0 Å². The lowest BCUT2D eigenvalue weighted by molar-refractivity contribution is -0.137. The average molecular weight is 263 g/mol. The fourth-order valence-corrected chi connectivity index (χ4v) is 2.99. The molecule has 1 aromatic rings. The average Bonchev–Trinajstić information content (AvgIpc) is 2.29. The lowest BCUT2D eigenvalue weighted by atomic mass is 10.1. The van der Waals surface area contributed by atoms with E-state index in [4.69, 9.17) is 5.11 Å². The van der Waals surface area contributed by atoms with Crippen LogP contribution in [0.1, 0.15) is 23.3 Å². The van der Waals surface area contributed by atoms with Crippen LogP contribution in [0.15, 0.2) is 9.85 Å². The zero-order valence-corrected chi connectivity index (χ0v) is 9.74. The summed E-state index contributed by atoms with van der Waals surface area (Å²) in [4.78, 5) is 11.6. The lowest BCUT2D eigenvalue weighted by Crippen LogP contribution is -1.95. The van der Waals surface area contributed by atoms with Gasteiger partial charge in [0.15, 0.2) is 0 Å². The highest BCUT2D eigenvalue weighted by Gasteiger charge is 2.04. The van der Waals surface area contributed by atoms with Gasteiger partial charge in [-0.3, -0.25) is 4.79 Å². The Morgan fingerprint density at radius 1 is 1.69 bits per heavy atom. The first-order valence-electron chi connectivity index (χ1n) is 4.06. The van der Waals surface area contributed by atoms with Crippen LogP contribution < -0.4 is 0 Å². The van der Waals surface area contributed by atoms with Crippen molar-refractivity contribution in [2.75, 3.05) is 0 Å². The molecule has 0 aliphatic heterocycles. The summed E-state index contributed by atoms with van der Waals surface area (Å²) in [6, 6.07) is 2.07. The van der Waals surface area contributed by atoms with E-state index in [9.17, 15) is 4.79 Å². The van der Waals surface area contributed by atoms with E-state index < -0.39 is 5.97 Å². The van der Waals surface area contributed by atoms with Gasteiger partial charge in [0.25, 0.3) is 0 Å². The number of aliphatic carboxylic acids is 1. The molecule has 0 aromatic carbocycles. The SMILES string of the molecule is Cc1cc(Br)sc1CCCC(=O)O. The predicted octanol–water partition coefficient (Wildman–Crippen LogP) is 3.23. The first-order valence-corrected chi connectivity index (χ1v) is 5.67. The summed E-state index contributed by atoms with van der Waals surface area (Å²) in [6.07, 6.45) is 1.85. The first kappa shape index (κ1) is 10.7. The molecule has 0 fully saturated rings. The minimum Gasteiger partial charge on any atom is -0.481 e. The van der Waals surface area contributed by atoms with Gasteiger partial charge in [-0.2, -0.15) is 0 Å². The first-order chi connectivity index (χ1) is 6.09. The van der Waals surface area contributed by atoms with Crippen LogP contribution in [-0.4, -0.2) is 11.1 Å². The van der Waals surface area contributed by atoms with Gasteiger partial charge in [0, 0.05) is 11.3 Å². The standard InChI is InChI=1S/C9H11BrO2S/c1-6-5-8(10)13-7(6)3-2-4-9(11)12/h5H,2-4H2,1H3,(H,11,12). The van der Waals surface area contributed by atoms with Gasteiger partial charge in [0.05, 0.1) is 3.79 Å². The summed E-state index contributed by atoms with van der Waals surface area (Å²) < 4.78 is 1.12. The maximum Gasteiger partial charge on any atom is 0.303 e.